The minimum atomic E-state index is -0.859. The van der Waals surface area contributed by atoms with Crippen LogP contribution in [0.25, 0.3) is 0 Å². The number of carboxylic acid groups (broad SMARTS) is 1. The maximum absolute atomic E-state index is 12.6. The normalized spacial score (nSPS) is 27.5. The summed E-state index contributed by atoms with van der Waals surface area (Å²) in [5.41, 5.74) is -0.859. The molecule has 0 bridgehead atoms. The van der Waals surface area contributed by atoms with Gasteiger partial charge in [-0.25, -0.2) is 4.79 Å². The van der Waals surface area contributed by atoms with Crippen molar-refractivity contribution in [3.8, 4) is 0 Å². The molecule has 6 nitrogen and oxygen atoms in total. The van der Waals surface area contributed by atoms with Crippen molar-refractivity contribution in [1.29, 1.82) is 0 Å². The number of likely N-dealkylation sites (N-methyl/N-ethyl adjacent to an activating group) is 1. The molecule has 6 heteroatoms. The van der Waals surface area contributed by atoms with E-state index in [2.05, 4.69) is 11.5 Å². The Morgan fingerprint density at radius 3 is 2.43 bits per heavy atom. The van der Waals surface area contributed by atoms with Gasteiger partial charge >= 0.3 is 12.0 Å². The molecule has 2 aliphatic rings. The maximum Gasteiger partial charge on any atom is 0.320 e. The van der Waals surface area contributed by atoms with Gasteiger partial charge in [-0.2, -0.15) is 0 Å². The van der Waals surface area contributed by atoms with Crippen LogP contribution < -0.4 is 0 Å². The Bertz CT molecular complexity index is 418. The third-order valence-electron chi connectivity index (χ3n) is 4.61. The fourth-order valence-corrected chi connectivity index (χ4v) is 3.20. The quantitative estimate of drug-likeness (QED) is 0.792. The summed E-state index contributed by atoms with van der Waals surface area (Å²) in [5, 5.41) is 9.56. The number of likely N-dealkylation sites (tertiary alicyclic amines) is 1. The molecule has 2 heterocycles. The first-order valence-electron chi connectivity index (χ1n) is 7.55. The van der Waals surface area contributed by atoms with Crippen LogP contribution in [0, 0.1) is 5.41 Å². The zero-order valence-electron chi connectivity index (χ0n) is 12.8. The van der Waals surface area contributed by atoms with Crippen molar-refractivity contribution in [2.24, 2.45) is 5.41 Å². The number of hydrogen-bond acceptors (Lipinski definition) is 3. The molecule has 2 aliphatic heterocycles. The fourth-order valence-electron chi connectivity index (χ4n) is 3.20. The number of nitrogens with zero attached hydrogens (tertiary/aromatic N) is 3. The molecule has 0 unspecified atom stereocenters. The second-order valence-corrected chi connectivity index (χ2v) is 6.18. The van der Waals surface area contributed by atoms with Crippen LogP contribution in [0.1, 0.15) is 19.3 Å². The number of urea groups is 1. The molecular weight excluding hydrogens is 270 g/mol. The summed E-state index contributed by atoms with van der Waals surface area (Å²) in [6.45, 7) is 7.78. The fraction of sp³-hybridized carbons (Fsp3) is 0.733. The van der Waals surface area contributed by atoms with Gasteiger partial charge in [0.25, 0.3) is 0 Å². The second kappa shape index (κ2) is 6.47. The number of carboxylic acids is 1. The number of rotatable bonds is 3. The number of piperidine rings is 1. The van der Waals surface area contributed by atoms with Crippen molar-refractivity contribution in [1.82, 2.24) is 14.7 Å². The van der Waals surface area contributed by atoms with E-state index in [1.165, 1.54) is 0 Å². The van der Waals surface area contributed by atoms with E-state index in [0.29, 0.717) is 39.0 Å². The van der Waals surface area contributed by atoms with Crippen molar-refractivity contribution in [2.75, 3.05) is 46.3 Å². The van der Waals surface area contributed by atoms with Gasteiger partial charge in [0.15, 0.2) is 0 Å². The van der Waals surface area contributed by atoms with E-state index in [-0.39, 0.29) is 6.03 Å². The van der Waals surface area contributed by atoms with Gasteiger partial charge in [0.1, 0.15) is 0 Å². The van der Waals surface area contributed by atoms with Crippen LogP contribution in [0.3, 0.4) is 0 Å². The molecule has 2 fully saturated rings. The number of carbonyl (C=O) groups is 2. The van der Waals surface area contributed by atoms with Crippen molar-refractivity contribution in [2.45, 2.75) is 19.3 Å². The Morgan fingerprint density at radius 1 is 1.19 bits per heavy atom. The highest BCUT2D eigenvalue weighted by atomic mass is 16.4. The summed E-state index contributed by atoms with van der Waals surface area (Å²) in [6, 6.07) is -0.0162. The van der Waals surface area contributed by atoms with Crippen molar-refractivity contribution >= 4 is 12.0 Å². The van der Waals surface area contributed by atoms with Gasteiger partial charge in [-0.1, -0.05) is 6.08 Å². The lowest BCUT2D eigenvalue weighted by Gasteiger charge is -2.42. The number of aliphatic carboxylic acids is 1. The molecule has 1 atom stereocenters. The molecule has 2 rings (SSSR count). The van der Waals surface area contributed by atoms with E-state index < -0.39 is 11.4 Å². The number of carbonyl (C=O) groups excluding carboxylic acids is 1. The summed E-state index contributed by atoms with van der Waals surface area (Å²) in [6.07, 6.45) is 3.41. The monoisotopic (exact) mass is 295 g/mol. The minimum absolute atomic E-state index is 0.0162. The third kappa shape index (κ3) is 3.37. The molecule has 1 N–H and O–H groups in total. The van der Waals surface area contributed by atoms with E-state index in [1.807, 2.05) is 11.9 Å². The first-order valence-corrected chi connectivity index (χ1v) is 7.55. The Labute approximate surface area is 126 Å². The molecule has 0 aliphatic carbocycles. The Balaban J connectivity index is 2.04. The molecule has 0 saturated carbocycles. The molecule has 0 aromatic carbocycles. The molecule has 21 heavy (non-hydrogen) atoms. The van der Waals surface area contributed by atoms with Crippen molar-refractivity contribution < 1.29 is 14.7 Å². The van der Waals surface area contributed by atoms with Gasteiger partial charge in [0.05, 0.1) is 5.41 Å². The van der Waals surface area contributed by atoms with Crippen LogP contribution in [-0.2, 0) is 4.79 Å². The average Bonchev–Trinajstić information content (AvgIpc) is 2.48. The van der Waals surface area contributed by atoms with E-state index in [1.54, 1.807) is 11.0 Å². The van der Waals surface area contributed by atoms with Gasteiger partial charge in [-0.15, -0.1) is 6.58 Å². The predicted octanol–water partition coefficient (Wildman–Crippen LogP) is 1.10. The summed E-state index contributed by atoms with van der Waals surface area (Å²) in [4.78, 5) is 30.0. The van der Waals surface area contributed by atoms with Gasteiger partial charge in [-0.05, 0) is 26.3 Å². The van der Waals surface area contributed by atoms with Gasteiger partial charge in [-0.3, -0.25) is 4.79 Å². The Morgan fingerprint density at radius 2 is 1.86 bits per heavy atom. The first kappa shape index (κ1) is 15.8. The standard InChI is InChI=1S/C15H25N3O3/c1-3-5-15(13(19)20)6-4-7-18(12-15)14(21)17-10-8-16(2)9-11-17/h3H,1,4-12H2,2H3,(H,19,20)/t15-/m0/s1. The highest BCUT2D eigenvalue weighted by Gasteiger charge is 2.43. The molecule has 0 spiro atoms. The van der Waals surface area contributed by atoms with E-state index >= 15 is 0 Å². The molecule has 2 amide bonds. The van der Waals surface area contributed by atoms with Gasteiger partial charge in [0.2, 0.25) is 0 Å². The zero-order chi connectivity index (χ0) is 15.5. The van der Waals surface area contributed by atoms with Crippen LogP contribution in [-0.4, -0.2) is 78.1 Å². The predicted molar refractivity (Wildman–Crippen MR) is 80.2 cm³/mol. The Kier molecular flexibility index (Phi) is 4.88. The lowest BCUT2D eigenvalue weighted by Crippen LogP contribution is -2.56. The first-order chi connectivity index (χ1) is 9.98. The summed E-state index contributed by atoms with van der Waals surface area (Å²) in [5.74, 6) is -0.821. The van der Waals surface area contributed by atoms with Crippen molar-refractivity contribution in [3.05, 3.63) is 12.7 Å². The molecule has 2 saturated heterocycles. The molecule has 0 radical (unpaired) electrons. The van der Waals surface area contributed by atoms with Crippen LogP contribution in [0.5, 0.6) is 0 Å². The summed E-state index contributed by atoms with van der Waals surface area (Å²) in [7, 11) is 2.04. The number of amides is 2. The smallest absolute Gasteiger partial charge is 0.320 e. The SMILES string of the molecule is C=CC[C@]1(C(=O)O)CCCN(C(=O)N2CCN(C)CC2)C1. The number of allylic oxidation sites excluding steroid dienone is 1. The van der Waals surface area contributed by atoms with Crippen LogP contribution in [0.15, 0.2) is 12.7 Å². The lowest BCUT2D eigenvalue weighted by atomic mass is 9.77. The number of hydrogen-bond donors (Lipinski definition) is 1. The van der Waals surface area contributed by atoms with E-state index in [4.69, 9.17) is 0 Å². The van der Waals surface area contributed by atoms with Crippen LogP contribution in [0.2, 0.25) is 0 Å². The number of piperazine rings is 1. The van der Waals surface area contributed by atoms with E-state index in [0.717, 1.165) is 19.5 Å². The van der Waals surface area contributed by atoms with Gasteiger partial charge < -0.3 is 19.8 Å². The van der Waals surface area contributed by atoms with Gasteiger partial charge in [0, 0.05) is 39.3 Å². The largest absolute Gasteiger partial charge is 0.481 e. The average molecular weight is 295 g/mol. The second-order valence-electron chi connectivity index (χ2n) is 6.18. The lowest BCUT2D eigenvalue weighted by molar-refractivity contribution is -0.151. The molecule has 0 aromatic rings. The topological polar surface area (TPSA) is 64.1 Å². The Hall–Kier alpha value is -1.56. The highest BCUT2D eigenvalue weighted by molar-refractivity contribution is 5.79. The van der Waals surface area contributed by atoms with Crippen molar-refractivity contribution in [3.63, 3.8) is 0 Å². The highest BCUT2D eigenvalue weighted by Crippen LogP contribution is 2.34. The molecule has 0 aromatic heterocycles. The summed E-state index contributed by atoms with van der Waals surface area (Å²) < 4.78 is 0. The third-order valence-corrected chi connectivity index (χ3v) is 4.61. The summed E-state index contributed by atoms with van der Waals surface area (Å²) >= 11 is 0. The molecule has 118 valence electrons. The van der Waals surface area contributed by atoms with Crippen LogP contribution >= 0.6 is 0 Å². The minimum Gasteiger partial charge on any atom is -0.481 e. The molecular formula is C15H25N3O3. The zero-order valence-corrected chi connectivity index (χ0v) is 12.8. The maximum atomic E-state index is 12.6. The van der Waals surface area contributed by atoms with E-state index in [9.17, 15) is 14.7 Å². The van der Waals surface area contributed by atoms with Crippen LogP contribution in [0.4, 0.5) is 4.79 Å².